The Morgan fingerprint density at radius 2 is 2.22 bits per heavy atom. The third-order valence-electron chi connectivity index (χ3n) is 0.897. The van der Waals surface area contributed by atoms with Gasteiger partial charge in [0.15, 0.2) is 0 Å². The monoisotopic (exact) mass is 139 g/mol. The molecule has 1 atom stereocenters. The van der Waals surface area contributed by atoms with Crippen LogP contribution in [0.3, 0.4) is 0 Å². The van der Waals surface area contributed by atoms with E-state index in [2.05, 4.69) is 11.6 Å². The Balaban J connectivity index is 0.000000640. The molecule has 0 aromatic carbocycles. The highest BCUT2D eigenvalue weighted by atomic mass is 31.0. The molecule has 1 nitrogen and oxygen atoms in total. The minimum atomic E-state index is 0. The number of hydrogen-bond acceptors (Lipinski definition) is 1. The van der Waals surface area contributed by atoms with Crippen molar-refractivity contribution < 1.29 is 0 Å². The van der Waals surface area contributed by atoms with Crippen LogP contribution in [-0.2, 0) is 0 Å². The maximum absolute atomic E-state index is 3.98. The average molecular weight is 139 g/mol. The van der Waals surface area contributed by atoms with Crippen molar-refractivity contribution in [2.45, 2.75) is 0 Å². The Labute approximate surface area is 58.4 Å². The second-order valence-corrected chi connectivity index (χ2v) is 1.46. The molecule has 0 radical (unpaired) electrons. The first-order chi connectivity index (χ1) is 3.93. The molecule has 0 amide bonds. The highest BCUT2D eigenvalue weighted by Crippen LogP contribution is 1.91. The number of pyridine rings is 1. The van der Waals surface area contributed by atoms with E-state index in [0.29, 0.717) is 0 Å². The maximum Gasteiger partial charge on any atom is 0.0623 e. The fraction of sp³-hybridized carbons (Fsp3) is 0. The van der Waals surface area contributed by atoms with Gasteiger partial charge in [0.1, 0.15) is 0 Å². The second kappa shape index (κ2) is 4.22. The maximum atomic E-state index is 3.98. The molecule has 0 aliphatic rings. The SMILES string of the molecule is C=Cc1ccccn1.P. The fourth-order valence-corrected chi connectivity index (χ4v) is 0.497. The van der Waals surface area contributed by atoms with Gasteiger partial charge in [0.05, 0.1) is 5.69 Å². The van der Waals surface area contributed by atoms with Gasteiger partial charge in [0, 0.05) is 6.20 Å². The molecular formula is C7H10NP. The Morgan fingerprint density at radius 3 is 2.56 bits per heavy atom. The molecule has 0 N–H and O–H groups in total. The van der Waals surface area contributed by atoms with Gasteiger partial charge in [-0.25, -0.2) is 0 Å². The topological polar surface area (TPSA) is 12.9 Å². The summed E-state index contributed by atoms with van der Waals surface area (Å²) in [4.78, 5) is 3.98. The molecule has 9 heavy (non-hydrogen) atoms. The first-order valence-corrected chi connectivity index (χ1v) is 2.47. The summed E-state index contributed by atoms with van der Waals surface area (Å²) < 4.78 is 0. The minimum absolute atomic E-state index is 0. The predicted molar refractivity (Wildman–Crippen MR) is 45.4 cm³/mol. The zero-order valence-corrected chi connectivity index (χ0v) is 6.66. The normalized spacial score (nSPS) is 7.56. The first-order valence-electron chi connectivity index (χ1n) is 2.47. The van der Waals surface area contributed by atoms with Crippen molar-refractivity contribution >= 4 is 16.0 Å². The summed E-state index contributed by atoms with van der Waals surface area (Å²) in [5.74, 6) is 0. The summed E-state index contributed by atoms with van der Waals surface area (Å²) in [6.45, 7) is 3.57. The van der Waals surface area contributed by atoms with Gasteiger partial charge in [-0.15, -0.1) is 0 Å². The Bertz CT molecular complexity index is 172. The van der Waals surface area contributed by atoms with Crippen LogP contribution in [0.25, 0.3) is 6.08 Å². The van der Waals surface area contributed by atoms with E-state index in [9.17, 15) is 0 Å². The van der Waals surface area contributed by atoms with Crippen LogP contribution < -0.4 is 0 Å². The van der Waals surface area contributed by atoms with E-state index in [4.69, 9.17) is 0 Å². The second-order valence-electron chi connectivity index (χ2n) is 1.46. The van der Waals surface area contributed by atoms with E-state index < -0.39 is 0 Å². The average Bonchev–Trinajstić information content (AvgIpc) is 1.90. The lowest BCUT2D eigenvalue weighted by atomic mass is 10.4. The zero-order valence-electron chi connectivity index (χ0n) is 5.25. The fourth-order valence-electron chi connectivity index (χ4n) is 0.497. The van der Waals surface area contributed by atoms with E-state index >= 15 is 0 Å². The molecule has 1 aromatic heterocycles. The molecule has 0 saturated heterocycles. The third kappa shape index (κ3) is 2.39. The van der Waals surface area contributed by atoms with Crippen molar-refractivity contribution in [1.82, 2.24) is 4.98 Å². The van der Waals surface area contributed by atoms with Gasteiger partial charge >= 0.3 is 0 Å². The quantitative estimate of drug-likeness (QED) is 0.540. The Hall–Kier alpha value is -0.680. The standard InChI is InChI=1S/C7H7N.H3P/c1-2-7-5-3-4-6-8-7;/h2-6H,1H2;1H3. The van der Waals surface area contributed by atoms with Crippen molar-refractivity contribution in [2.24, 2.45) is 0 Å². The third-order valence-corrected chi connectivity index (χ3v) is 0.897. The van der Waals surface area contributed by atoms with Gasteiger partial charge in [-0.05, 0) is 18.2 Å². The van der Waals surface area contributed by atoms with Crippen molar-refractivity contribution in [2.75, 3.05) is 0 Å². The van der Waals surface area contributed by atoms with Crippen molar-refractivity contribution in [3.05, 3.63) is 36.7 Å². The summed E-state index contributed by atoms with van der Waals surface area (Å²) in [5.41, 5.74) is 0.924. The van der Waals surface area contributed by atoms with Crippen LogP contribution in [0.1, 0.15) is 5.69 Å². The van der Waals surface area contributed by atoms with Gasteiger partial charge in [0.25, 0.3) is 0 Å². The summed E-state index contributed by atoms with van der Waals surface area (Å²) in [6, 6.07) is 5.73. The van der Waals surface area contributed by atoms with Gasteiger partial charge < -0.3 is 0 Å². The van der Waals surface area contributed by atoms with Crippen molar-refractivity contribution in [1.29, 1.82) is 0 Å². The van der Waals surface area contributed by atoms with Crippen molar-refractivity contribution in [3.63, 3.8) is 0 Å². The Morgan fingerprint density at radius 1 is 1.44 bits per heavy atom. The smallest absolute Gasteiger partial charge is 0.0623 e. The van der Waals surface area contributed by atoms with Crippen molar-refractivity contribution in [3.8, 4) is 0 Å². The van der Waals surface area contributed by atoms with Crippen LogP contribution in [0.5, 0.6) is 0 Å². The molecule has 2 heteroatoms. The van der Waals surface area contributed by atoms with Crippen LogP contribution in [-0.4, -0.2) is 4.98 Å². The van der Waals surface area contributed by atoms with Crippen LogP contribution in [0.2, 0.25) is 0 Å². The molecule has 0 fully saturated rings. The highest BCUT2D eigenvalue weighted by Gasteiger charge is 1.77. The van der Waals surface area contributed by atoms with Crippen LogP contribution in [0.15, 0.2) is 31.0 Å². The molecular weight excluding hydrogens is 129 g/mol. The molecule has 1 unspecified atom stereocenters. The van der Waals surface area contributed by atoms with Crippen LogP contribution >= 0.6 is 9.90 Å². The van der Waals surface area contributed by atoms with Crippen LogP contribution in [0.4, 0.5) is 0 Å². The summed E-state index contributed by atoms with van der Waals surface area (Å²) in [5, 5.41) is 0. The molecule has 1 heterocycles. The van der Waals surface area contributed by atoms with Gasteiger partial charge in [-0.3, -0.25) is 4.98 Å². The molecule has 0 bridgehead atoms. The molecule has 0 saturated carbocycles. The number of nitrogens with zero attached hydrogens (tertiary/aromatic N) is 1. The zero-order chi connectivity index (χ0) is 5.82. The summed E-state index contributed by atoms with van der Waals surface area (Å²) in [6.07, 6.45) is 3.47. The number of aromatic nitrogens is 1. The van der Waals surface area contributed by atoms with E-state index in [1.807, 2.05) is 18.2 Å². The van der Waals surface area contributed by atoms with E-state index in [-0.39, 0.29) is 9.90 Å². The Kier molecular flexibility index (Phi) is 3.90. The van der Waals surface area contributed by atoms with Gasteiger partial charge in [0.2, 0.25) is 0 Å². The highest BCUT2D eigenvalue weighted by molar-refractivity contribution is 6.92. The number of rotatable bonds is 1. The lowest BCUT2D eigenvalue weighted by Crippen LogP contribution is -1.73. The molecule has 1 rings (SSSR count). The molecule has 0 spiro atoms. The largest absolute Gasteiger partial charge is 0.257 e. The van der Waals surface area contributed by atoms with Gasteiger partial charge in [-0.1, -0.05) is 12.6 Å². The predicted octanol–water partition coefficient (Wildman–Crippen LogP) is 1.78. The summed E-state index contributed by atoms with van der Waals surface area (Å²) >= 11 is 0. The lowest BCUT2D eigenvalue weighted by molar-refractivity contribution is 1.30. The lowest BCUT2D eigenvalue weighted by Gasteiger charge is -1.84. The molecule has 0 aliphatic carbocycles. The number of hydrogen-bond donors (Lipinski definition) is 0. The first kappa shape index (κ1) is 8.32. The minimum Gasteiger partial charge on any atom is -0.257 e. The molecule has 0 aliphatic heterocycles. The van der Waals surface area contributed by atoms with E-state index in [1.54, 1.807) is 12.3 Å². The van der Waals surface area contributed by atoms with E-state index in [0.717, 1.165) is 5.69 Å². The van der Waals surface area contributed by atoms with E-state index in [1.165, 1.54) is 0 Å². The molecule has 48 valence electrons. The van der Waals surface area contributed by atoms with Gasteiger partial charge in [-0.2, -0.15) is 9.90 Å². The van der Waals surface area contributed by atoms with Crippen LogP contribution in [0, 0.1) is 0 Å². The summed E-state index contributed by atoms with van der Waals surface area (Å²) in [7, 11) is 0. The molecule has 1 aromatic rings.